The minimum atomic E-state index is -0.654. The van der Waals surface area contributed by atoms with Crippen molar-refractivity contribution in [1.82, 2.24) is 4.90 Å². The lowest BCUT2D eigenvalue weighted by Crippen LogP contribution is -2.47. The summed E-state index contributed by atoms with van der Waals surface area (Å²) in [6, 6.07) is 3.92. The van der Waals surface area contributed by atoms with Crippen molar-refractivity contribution in [2.75, 3.05) is 13.1 Å². The average molecular weight is 288 g/mol. The minimum absolute atomic E-state index is 0.556. The van der Waals surface area contributed by atoms with E-state index in [1.165, 1.54) is 4.88 Å². The zero-order valence-corrected chi connectivity index (χ0v) is 12.1. The molecule has 0 bridgehead atoms. The summed E-state index contributed by atoms with van der Waals surface area (Å²) in [6.07, 6.45) is 2.45. The van der Waals surface area contributed by atoms with E-state index < -0.39 is 11.4 Å². The molecule has 1 fully saturated rings. The molecule has 100 valence electrons. The number of nitrogens with zero attached hydrogens (tertiary/aromatic N) is 1. The highest BCUT2D eigenvalue weighted by atomic mass is 35.5. The van der Waals surface area contributed by atoms with Crippen LogP contribution in [-0.2, 0) is 11.3 Å². The second kappa shape index (κ2) is 5.59. The van der Waals surface area contributed by atoms with Gasteiger partial charge in [-0.3, -0.25) is 9.69 Å². The second-order valence-corrected chi connectivity index (χ2v) is 6.76. The lowest BCUT2D eigenvalue weighted by atomic mass is 9.77. The van der Waals surface area contributed by atoms with Crippen LogP contribution in [0.5, 0.6) is 0 Å². The van der Waals surface area contributed by atoms with Gasteiger partial charge in [0.15, 0.2) is 0 Å². The number of hydrogen-bond acceptors (Lipinski definition) is 3. The Bertz CT molecular complexity index is 434. The van der Waals surface area contributed by atoms with Crippen LogP contribution in [0.25, 0.3) is 0 Å². The fraction of sp³-hybridized carbons (Fsp3) is 0.615. The molecule has 5 heteroatoms. The van der Waals surface area contributed by atoms with Gasteiger partial charge in [-0.15, -0.1) is 11.3 Å². The molecule has 2 heterocycles. The van der Waals surface area contributed by atoms with Gasteiger partial charge >= 0.3 is 5.97 Å². The highest BCUT2D eigenvalue weighted by Gasteiger charge is 2.40. The molecule has 18 heavy (non-hydrogen) atoms. The molecule has 0 aliphatic carbocycles. The van der Waals surface area contributed by atoms with Crippen LogP contribution in [-0.4, -0.2) is 29.1 Å². The molecule has 3 nitrogen and oxygen atoms in total. The van der Waals surface area contributed by atoms with Crippen molar-refractivity contribution >= 4 is 28.9 Å². The number of rotatable bonds is 4. The molecule has 1 aromatic rings. The van der Waals surface area contributed by atoms with E-state index >= 15 is 0 Å². The van der Waals surface area contributed by atoms with E-state index in [1.54, 1.807) is 11.3 Å². The maximum Gasteiger partial charge on any atom is 0.310 e. The zero-order chi connectivity index (χ0) is 13.2. The quantitative estimate of drug-likeness (QED) is 0.922. The van der Waals surface area contributed by atoms with Crippen LogP contribution in [0.15, 0.2) is 12.1 Å². The van der Waals surface area contributed by atoms with Crippen molar-refractivity contribution in [3.05, 3.63) is 21.3 Å². The molecule has 0 spiro atoms. The summed E-state index contributed by atoms with van der Waals surface area (Å²) in [7, 11) is 0. The fourth-order valence-electron chi connectivity index (χ4n) is 2.63. The monoisotopic (exact) mass is 287 g/mol. The first-order chi connectivity index (χ1) is 8.55. The Balaban J connectivity index is 2.04. The van der Waals surface area contributed by atoms with Gasteiger partial charge in [-0.2, -0.15) is 0 Å². The first-order valence-electron chi connectivity index (χ1n) is 6.26. The maximum absolute atomic E-state index is 11.5. The predicted molar refractivity (Wildman–Crippen MR) is 74.2 cm³/mol. The lowest BCUT2D eigenvalue weighted by molar-refractivity contribution is -0.153. The second-order valence-electron chi connectivity index (χ2n) is 4.96. The largest absolute Gasteiger partial charge is 0.481 e. The molecule has 0 aromatic carbocycles. The van der Waals surface area contributed by atoms with Crippen molar-refractivity contribution in [2.45, 2.75) is 32.7 Å². The van der Waals surface area contributed by atoms with Gasteiger partial charge in [0.2, 0.25) is 0 Å². The number of thiophene rings is 1. The highest BCUT2D eigenvalue weighted by molar-refractivity contribution is 7.16. The molecule has 0 amide bonds. The Hall–Kier alpha value is -0.580. The van der Waals surface area contributed by atoms with Crippen molar-refractivity contribution in [2.24, 2.45) is 5.41 Å². The first kappa shape index (κ1) is 13.8. The van der Waals surface area contributed by atoms with E-state index in [4.69, 9.17) is 11.6 Å². The molecule has 0 saturated carbocycles. The third-order valence-corrected chi connectivity index (χ3v) is 5.01. The van der Waals surface area contributed by atoms with Gasteiger partial charge in [0.25, 0.3) is 0 Å². The number of halogens is 1. The number of carboxylic acids is 1. The Labute approximate surface area is 116 Å². The molecule has 1 N–H and O–H groups in total. The highest BCUT2D eigenvalue weighted by Crippen LogP contribution is 2.35. The average Bonchev–Trinajstić information content (AvgIpc) is 2.74. The number of carboxylic acid groups (broad SMARTS) is 1. The normalized spacial score (nSPS) is 25.2. The zero-order valence-electron chi connectivity index (χ0n) is 10.5. The standard InChI is InChI=1S/C13H18ClNO2S/c1-2-13(12(16)17)6-3-7-15(9-13)8-10-4-5-11(14)18-10/h4-5H,2-3,6-9H2,1H3,(H,16,17). The van der Waals surface area contributed by atoms with Crippen LogP contribution in [0.3, 0.4) is 0 Å². The van der Waals surface area contributed by atoms with Gasteiger partial charge < -0.3 is 5.11 Å². The summed E-state index contributed by atoms with van der Waals surface area (Å²) >= 11 is 7.49. The number of piperidine rings is 1. The predicted octanol–water partition coefficient (Wildman–Crippen LogP) is 3.48. The van der Waals surface area contributed by atoms with Crippen molar-refractivity contribution in [3.8, 4) is 0 Å². The molecule has 1 aliphatic rings. The molecule has 1 saturated heterocycles. The lowest BCUT2D eigenvalue weighted by Gasteiger charge is -2.39. The van der Waals surface area contributed by atoms with Crippen LogP contribution in [0.2, 0.25) is 4.34 Å². The van der Waals surface area contributed by atoms with E-state index in [0.29, 0.717) is 13.0 Å². The molecular weight excluding hydrogens is 270 g/mol. The Kier molecular flexibility index (Phi) is 4.30. The van der Waals surface area contributed by atoms with Crippen LogP contribution >= 0.6 is 22.9 Å². The smallest absolute Gasteiger partial charge is 0.310 e. The Morgan fingerprint density at radius 1 is 1.61 bits per heavy atom. The van der Waals surface area contributed by atoms with E-state index in [9.17, 15) is 9.90 Å². The number of likely N-dealkylation sites (tertiary alicyclic amines) is 1. The van der Waals surface area contributed by atoms with Gasteiger partial charge in [0, 0.05) is 18.0 Å². The van der Waals surface area contributed by atoms with Crippen LogP contribution in [0, 0.1) is 5.41 Å². The van der Waals surface area contributed by atoms with Crippen molar-refractivity contribution < 1.29 is 9.90 Å². The Morgan fingerprint density at radius 3 is 2.94 bits per heavy atom. The van der Waals surface area contributed by atoms with Crippen molar-refractivity contribution in [1.29, 1.82) is 0 Å². The summed E-state index contributed by atoms with van der Waals surface area (Å²) in [5.41, 5.74) is -0.556. The van der Waals surface area contributed by atoms with Crippen LogP contribution in [0.1, 0.15) is 31.1 Å². The molecule has 1 aromatic heterocycles. The Morgan fingerprint density at radius 2 is 2.39 bits per heavy atom. The van der Waals surface area contributed by atoms with Gasteiger partial charge in [-0.05, 0) is 37.9 Å². The number of hydrogen-bond donors (Lipinski definition) is 1. The third-order valence-electron chi connectivity index (χ3n) is 3.79. The summed E-state index contributed by atoms with van der Waals surface area (Å²) in [6.45, 7) is 4.41. The van der Waals surface area contributed by atoms with Gasteiger partial charge in [0.1, 0.15) is 0 Å². The first-order valence-corrected chi connectivity index (χ1v) is 7.45. The SMILES string of the molecule is CCC1(C(=O)O)CCCN(Cc2ccc(Cl)s2)C1. The van der Waals surface area contributed by atoms with Crippen LogP contribution in [0.4, 0.5) is 0 Å². The van der Waals surface area contributed by atoms with Crippen molar-refractivity contribution in [3.63, 3.8) is 0 Å². The molecule has 2 rings (SSSR count). The number of aliphatic carboxylic acids is 1. The summed E-state index contributed by atoms with van der Waals surface area (Å²) in [5.74, 6) is -0.654. The number of carbonyl (C=O) groups is 1. The van der Waals surface area contributed by atoms with Crippen LogP contribution < -0.4 is 0 Å². The van der Waals surface area contributed by atoms with E-state index in [0.717, 1.165) is 30.3 Å². The summed E-state index contributed by atoms with van der Waals surface area (Å²) in [4.78, 5) is 14.9. The van der Waals surface area contributed by atoms with E-state index in [-0.39, 0.29) is 0 Å². The minimum Gasteiger partial charge on any atom is -0.481 e. The third kappa shape index (κ3) is 2.87. The molecule has 1 unspecified atom stereocenters. The van der Waals surface area contributed by atoms with E-state index in [2.05, 4.69) is 4.90 Å². The van der Waals surface area contributed by atoms with E-state index in [1.807, 2.05) is 19.1 Å². The summed E-state index contributed by atoms with van der Waals surface area (Å²) in [5, 5.41) is 9.43. The maximum atomic E-state index is 11.5. The topological polar surface area (TPSA) is 40.5 Å². The fourth-order valence-corrected chi connectivity index (χ4v) is 3.76. The van der Waals surface area contributed by atoms with Gasteiger partial charge in [-0.1, -0.05) is 18.5 Å². The molecule has 1 atom stereocenters. The molecule has 0 radical (unpaired) electrons. The molecular formula is C13H18ClNO2S. The van der Waals surface area contributed by atoms with Gasteiger partial charge in [-0.25, -0.2) is 0 Å². The summed E-state index contributed by atoms with van der Waals surface area (Å²) < 4.78 is 0.794. The van der Waals surface area contributed by atoms with Gasteiger partial charge in [0.05, 0.1) is 9.75 Å². The molecule has 1 aliphatic heterocycles.